The van der Waals surface area contributed by atoms with Gasteiger partial charge in [-0.1, -0.05) is 0 Å². The van der Waals surface area contributed by atoms with Crippen LogP contribution in [0.15, 0.2) is 36.0 Å². The third-order valence-corrected chi connectivity index (χ3v) is 5.31. The molecule has 110 valence electrons. The highest BCUT2D eigenvalue weighted by Gasteiger charge is 2.34. The van der Waals surface area contributed by atoms with E-state index in [9.17, 15) is 14.7 Å². The second-order valence-electron chi connectivity index (χ2n) is 4.65. The minimum atomic E-state index is -0.936. The van der Waals surface area contributed by atoms with Gasteiger partial charge in [0.25, 0.3) is 5.91 Å². The highest BCUT2D eigenvalue weighted by Crippen LogP contribution is 2.26. The first-order valence-electron chi connectivity index (χ1n) is 6.51. The Bertz CT molecular complexity index is 651. The Hall–Kier alpha value is -1.73. The van der Waals surface area contributed by atoms with Crippen LogP contribution in [0, 0.1) is 0 Å². The van der Waals surface area contributed by atoms with Crippen LogP contribution in [0.4, 0.5) is 0 Å². The number of amides is 1. The second-order valence-corrected chi connectivity index (χ2v) is 6.72. The van der Waals surface area contributed by atoms with Crippen LogP contribution in [0.25, 0.3) is 5.69 Å². The quantitative estimate of drug-likeness (QED) is 0.941. The summed E-state index contributed by atoms with van der Waals surface area (Å²) in [7, 11) is 0. The molecule has 0 radical (unpaired) electrons. The SMILES string of the molecule is O=C(O)C1CSCCN1C(=O)c1sccc1-n1cccc1. The van der Waals surface area contributed by atoms with Crippen molar-refractivity contribution >= 4 is 35.0 Å². The first-order valence-corrected chi connectivity index (χ1v) is 8.54. The lowest BCUT2D eigenvalue weighted by molar-refractivity contribution is -0.141. The predicted molar refractivity (Wildman–Crippen MR) is 83.4 cm³/mol. The van der Waals surface area contributed by atoms with Gasteiger partial charge in [-0.3, -0.25) is 4.79 Å². The molecule has 2 aromatic heterocycles. The minimum absolute atomic E-state index is 0.193. The molecule has 1 unspecified atom stereocenters. The molecule has 0 saturated carbocycles. The fourth-order valence-corrected chi connectivity index (χ4v) is 4.23. The molecule has 1 fully saturated rings. The van der Waals surface area contributed by atoms with Crippen LogP contribution in [0.5, 0.6) is 0 Å². The molecule has 5 nitrogen and oxygen atoms in total. The van der Waals surface area contributed by atoms with Crippen molar-refractivity contribution < 1.29 is 14.7 Å². The van der Waals surface area contributed by atoms with Gasteiger partial charge < -0.3 is 14.6 Å². The summed E-state index contributed by atoms with van der Waals surface area (Å²) in [4.78, 5) is 26.2. The van der Waals surface area contributed by atoms with Gasteiger partial charge in [-0.15, -0.1) is 11.3 Å². The maximum Gasteiger partial charge on any atom is 0.327 e. The normalized spacial score (nSPS) is 18.7. The van der Waals surface area contributed by atoms with Gasteiger partial charge in [-0.05, 0) is 23.6 Å². The van der Waals surface area contributed by atoms with Crippen molar-refractivity contribution in [2.45, 2.75) is 6.04 Å². The molecule has 1 amide bonds. The number of thiophene rings is 1. The molecule has 1 saturated heterocycles. The molecule has 1 N–H and O–H groups in total. The highest BCUT2D eigenvalue weighted by atomic mass is 32.2. The standard InChI is InChI=1S/C14H14N2O3S2/c17-13(16-6-8-20-9-11(16)14(18)19)12-10(3-7-21-12)15-4-1-2-5-15/h1-5,7,11H,6,8-9H2,(H,18,19). The minimum Gasteiger partial charge on any atom is -0.480 e. The third-order valence-electron chi connectivity index (χ3n) is 3.40. The Morgan fingerprint density at radius 3 is 2.76 bits per heavy atom. The largest absolute Gasteiger partial charge is 0.480 e. The number of thioether (sulfide) groups is 1. The lowest BCUT2D eigenvalue weighted by Gasteiger charge is -2.32. The van der Waals surface area contributed by atoms with Gasteiger partial charge in [0, 0.05) is 30.4 Å². The number of aromatic nitrogens is 1. The van der Waals surface area contributed by atoms with Crippen LogP contribution in [0.1, 0.15) is 9.67 Å². The van der Waals surface area contributed by atoms with E-state index in [0.29, 0.717) is 17.2 Å². The van der Waals surface area contributed by atoms with Crippen molar-refractivity contribution in [1.82, 2.24) is 9.47 Å². The number of nitrogens with zero attached hydrogens (tertiary/aromatic N) is 2. The molecular formula is C14H14N2O3S2. The van der Waals surface area contributed by atoms with E-state index in [1.54, 1.807) is 11.8 Å². The number of carboxylic acids is 1. The number of carbonyl (C=O) groups excluding carboxylic acids is 1. The highest BCUT2D eigenvalue weighted by molar-refractivity contribution is 7.99. The molecule has 1 aliphatic heterocycles. The fraction of sp³-hybridized carbons (Fsp3) is 0.286. The van der Waals surface area contributed by atoms with E-state index in [0.717, 1.165) is 11.4 Å². The molecule has 3 heterocycles. The summed E-state index contributed by atoms with van der Waals surface area (Å²) in [5, 5.41) is 11.2. The fourth-order valence-electron chi connectivity index (χ4n) is 2.34. The number of aliphatic carboxylic acids is 1. The predicted octanol–water partition coefficient (Wildman–Crippen LogP) is 2.18. The number of hydrogen-bond acceptors (Lipinski definition) is 4. The lowest BCUT2D eigenvalue weighted by atomic mass is 10.2. The lowest BCUT2D eigenvalue weighted by Crippen LogP contribution is -2.50. The van der Waals surface area contributed by atoms with Crippen molar-refractivity contribution in [3.63, 3.8) is 0 Å². The number of carboxylic acid groups (broad SMARTS) is 1. The van der Waals surface area contributed by atoms with E-state index in [1.165, 1.54) is 16.2 Å². The summed E-state index contributed by atoms with van der Waals surface area (Å²) in [6, 6.07) is 4.93. The molecule has 0 aromatic carbocycles. The van der Waals surface area contributed by atoms with Gasteiger partial charge in [0.15, 0.2) is 0 Å². The first kappa shape index (κ1) is 14.2. The van der Waals surface area contributed by atoms with Gasteiger partial charge in [0.2, 0.25) is 0 Å². The van der Waals surface area contributed by atoms with E-state index in [-0.39, 0.29) is 5.91 Å². The molecule has 3 rings (SSSR count). The van der Waals surface area contributed by atoms with Crippen molar-refractivity contribution in [3.05, 3.63) is 40.8 Å². The monoisotopic (exact) mass is 322 g/mol. The van der Waals surface area contributed by atoms with Crippen molar-refractivity contribution in [3.8, 4) is 5.69 Å². The van der Waals surface area contributed by atoms with E-state index in [4.69, 9.17) is 0 Å². The van der Waals surface area contributed by atoms with Crippen LogP contribution in [0.2, 0.25) is 0 Å². The Morgan fingerprint density at radius 2 is 2.05 bits per heavy atom. The zero-order valence-corrected chi connectivity index (χ0v) is 12.8. The molecule has 0 aliphatic carbocycles. The topological polar surface area (TPSA) is 62.5 Å². The first-order chi connectivity index (χ1) is 10.2. The smallest absolute Gasteiger partial charge is 0.327 e. The third kappa shape index (κ3) is 2.71. The van der Waals surface area contributed by atoms with E-state index in [2.05, 4.69) is 0 Å². The maximum absolute atomic E-state index is 12.7. The van der Waals surface area contributed by atoms with Crippen molar-refractivity contribution in [2.24, 2.45) is 0 Å². The van der Waals surface area contributed by atoms with Crippen LogP contribution in [0.3, 0.4) is 0 Å². The molecule has 0 bridgehead atoms. The number of hydrogen-bond donors (Lipinski definition) is 1. The van der Waals surface area contributed by atoms with E-state index >= 15 is 0 Å². The second kappa shape index (κ2) is 5.95. The summed E-state index contributed by atoms with van der Waals surface area (Å²) >= 11 is 2.93. The Kier molecular flexibility index (Phi) is 4.03. The number of rotatable bonds is 3. The van der Waals surface area contributed by atoms with Gasteiger partial charge >= 0.3 is 5.97 Å². The van der Waals surface area contributed by atoms with Gasteiger partial charge in [0.1, 0.15) is 10.9 Å². The molecule has 2 aromatic rings. The van der Waals surface area contributed by atoms with Gasteiger partial charge in [-0.2, -0.15) is 11.8 Å². The van der Waals surface area contributed by atoms with Crippen molar-refractivity contribution in [1.29, 1.82) is 0 Å². The van der Waals surface area contributed by atoms with Gasteiger partial charge in [-0.25, -0.2) is 4.79 Å². The summed E-state index contributed by atoms with van der Waals surface area (Å²) < 4.78 is 1.87. The van der Waals surface area contributed by atoms with Crippen LogP contribution in [-0.2, 0) is 4.79 Å². The van der Waals surface area contributed by atoms with Crippen LogP contribution < -0.4 is 0 Å². The van der Waals surface area contributed by atoms with Crippen LogP contribution >= 0.6 is 23.1 Å². The average molecular weight is 322 g/mol. The maximum atomic E-state index is 12.7. The summed E-state index contributed by atoms with van der Waals surface area (Å²) in [6.07, 6.45) is 3.75. The molecular weight excluding hydrogens is 308 g/mol. The summed E-state index contributed by atoms with van der Waals surface area (Å²) in [6.45, 7) is 0.476. The molecule has 1 atom stereocenters. The van der Waals surface area contributed by atoms with Crippen LogP contribution in [-0.4, -0.2) is 50.5 Å². The average Bonchev–Trinajstić information content (AvgIpc) is 3.16. The zero-order valence-electron chi connectivity index (χ0n) is 11.1. The Labute approximate surface area is 130 Å². The Morgan fingerprint density at radius 1 is 1.29 bits per heavy atom. The summed E-state index contributed by atoms with van der Waals surface area (Å²) in [5.41, 5.74) is 0.803. The van der Waals surface area contributed by atoms with E-state index in [1.807, 2.05) is 40.5 Å². The molecule has 1 aliphatic rings. The zero-order chi connectivity index (χ0) is 14.8. The molecule has 7 heteroatoms. The number of carbonyl (C=O) groups is 2. The van der Waals surface area contributed by atoms with E-state index < -0.39 is 12.0 Å². The molecule has 0 spiro atoms. The Balaban J connectivity index is 1.92. The van der Waals surface area contributed by atoms with Gasteiger partial charge in [0.05, 0.1) is 5.69 Å². The summed E-state index contributed by atoms with van der Waals surface area (Å²) in [5.74, 6) is 0.0985. The molecule has 21 heavy (non-hydrogen) atoms. The van der Waals surface area contributed by atoms with Crippen molar-refractivity contribution in [2.75, 3.05) is 18.1 Å².